The van der Waals surface area contributed by atoms with E-state index >= 15 is 0 Å². The molecule has 0 amide bonds. The lowest BCUT2D eigenvalue weighted by atomic mass is 9.74. The molecule has 1 aromatic heterocycles. The minimum absolute atomic E-state index is 0.191. The van der Waals surface area contributed by atoms with Gasteiger partial charge in [0.25, 0.3) is 0 Å². The summed E-state index contributed by atoms with van der Waals surface area (Å²) in [5, 5.41) is 0. The van der Waals surface area contributed by atoms with E-state index in [9.17, 15) is 0 Å². The summed E-state index contributed by atoms with van der Waals surface area (Å²) in [5.74, 6) is 0. The van der Waals surface area contributed by atoms with Crippen LogP contribution in [0.5, 0.6) is 0 Å². The van der Waals surface area contributed by atoms with Gasteiger partial charge in [-0.3, -0.25) is 0 Å². The molecule has 2 aromatic rings. The first-order valence-corrected chi connectivity index (χ1v) is 7.03. The predicted octanol–water partition coefficient (Wildman–Crippen LogP) is 3.51. The fourth-order valence-electron chi connectivity index (χ4n) is 3.22. The molecule has 0 fully saturated rings. The molecule has 19 heavy (non-hydrogen) atoms. The van der Waals surface area contributed by atoms with Gasteiger partial charge in [0.05, 0.1) is 0 Å². The molecule has 2 nitrogen and oxygen atoms in total. The molecule has 1 aromatic carbocycles. The lowest BCUT2D eigenvalue weighted by Crippen LogP contribution is -2.30. The summed E-state index contributed by atoms with van der Waals surface area (Å²) in [5.41, 5.74) is 10.7. The first-order chi connectivity index (χ1) is 9.05. The Balaban J connectivity index is 1.93. The van der Waals surface area contributed by atoms with E-state index in [0.29, 0.717) is 5.41 Å². The zero-order valence-electron chi connectivity index (χ0n) is 11.8. The molecule has 1 aliphatic rings. The van der Waals surface area contributed by atoms with Gasteiger partial charge in [0.15, 0.2) is 0 Å². The molecule has 1 heterocycles. The van der Waals surface area contributed by atoms with Crippen molar-refractivity contribution in [1.82, 2.24) is 4.57 Å². The Hall–Kier alpha value is -1.54. The summed E-state index contributed by atoms with van der Waals surface area (Å²) >= 11 is 0. The van der Waals surface area contributed by atoms with Crippen LogP contribution in [0.3, 0.4) is 0 Å². The molecule has 1 aliphatic carbocycles. The molecular weight excluding hydrogens is 232 g/mol. The summed E-state index contributed by atoms with van der Waals surface area (Å²) in [6, 6.07) is 13.0. The molecular formula is C17H22N2. The Morgan fingerprint density at radius 1 is 1.21 bits per heavy atom. The number of nitrogens with two attached hydrogens (primary N) is 1. The lowest BCUT2D eigenvalue weighted by molar-refractivity contribution is 0.276. The van der Waals surface area contributed by atoms with E-state index in [-0.39, 0.29) is 6.04 Å². The second kappa shape index (κ2) is 4.53. The average Bonchev–Trinajstić information content (AvgIpc) is 2.72. The molecule has 100 valence electrons. The summed E-state index contributed by atoms with van der Waals surface area (Å²) in [6.45, 7) is 5.57. The molecule has 2 N–H and O–H groups in total. The molecule has 0 aliphatic heterocycles. The summed E-state index contributed by atoms with van der Waals surface area (Å²) in [6.07, 6.45) is 4.39. The smallest absolute Gasteiger partial charge is 0.0472 e. The number of rotatable bonds is 2. The average molecular weight is 254 g/mol. The number of benzene rings is 1. The third-order valence-corrected chi connectivity index (χ3v) is 4.13. The van der Waals surface area contributed by atoms with Crippen LogP contribution in [-0.2, 0) is 13.0 Å². The number of nitrogens with zero attached hydrogens (tertiary/aromatic N) is 1. The van der Waals surface area contributed by atoms with Gasteiger partial charge in [-0.2, -0.15) is 0 Å². The topological polar surface area (TPSA) is 30.9 Å². The van der Waals surface area contributed by atoms with E-state index in [1.54, 1.807) is 0 Å². The summed E-state index contributed by atoms with van der Waals surface area (Å²) in [4.78, 5) is 0. The Morgan fingerprint density at radius 2 is 1.95 bits per heavy atom. The van der Waals surface area contributed by atoms with Gasteiger partial charge in [-0.25, -0.2) is 0 Å². The first-order valence-electron chi connectivity index (χ1n) is 7.03. The van der Waals surface area contributed by atoms with Crippen molar-refractivity contribution in [3.63, 3.8) is 0 Å². The van der Waals surface area contributed by atoms with Crippen LogP contribution in [0.15, 0.2) is 42.6 Å². The standard InChI is InChI=1S/C17H22N2/c1-17(2)10-15(18)14-8-9-19(16(14)11-17)12-13-6-4-3-5-7-13/h3-9,15H,10-12,18H2,1-2H3. The third-order valence-electron chi connectivity index (χ3n) is 4.13. The highest BCUT2D eigenvalue weighted by Crippen LogP contribution is 2.40. The van der Waals surface area contributed by atoms with Crippen molar-refractivity contribution in [1.29, 1.82) is 0 Å². The molecule has 0 bridgehead atoms. The van der Waals surface area contributed by atoms with Crippen LogP contribution in [0.2, 0.25) is 0 Å². The predicted molar refractivity (Wildman–Crippen MR) is 79.0 cm³/mol. The quantitative estimate of drug-likeness (QED) is 0.873. The molecule has 2 heteroatoms. The minimum atomic E-state index is 0.191. The molecule has 1 atom stereocenters. The Labute approximate surface area is 115 Å². The van der Waals surface area contributed by atoms with Gasteiger partial charge in [-0.1, -0.05) is 44.2 Å². The molecule has 0 saturated carbocycles. The van der Waals surface area contributed by atoms with Gasteiger partial charge in [0, 0.05) is 24.5 Å². The van der Waals surface area contributed by atoms with Gasteiger partial charge >= 0.3 is 0 Å². The van der Waals surface area contributed by atoms with Crippen LogP contribution in [0, 0.1) is 5.41 Å². The second-order valence-corrected chi connectivity index (χ2v) is 6.48. The number of fused-ring (bicyclic) bond motifs is 1. The highest BCUT2D eigenvalue weighted by molar-refractivity contribution is 5.31. The number of hydrogen-bond acceptors (Lipinski definition) is 1. The fraction of sp³-hybridized carbons (Fsp3) is 0.412. The highest BCUT2D eigenvalue weighted by atomic mass is 15.0. The minimum Gasteiger partial charge on any atom is -0.347 e. The van der Waals surface area contributed by atoms with Crippen molar-refractivity contribution in [2.75, 3.05) is 0 Å². The Kier molecular flexibility index (Phi) is 2.98. The second-order valence-electron chi connectivity index (χ2n) is 6.48. The summed E-state index contributed by atoms with van der Waals surface area (Å²) < 4.78 is 2.37. The maximum absolute atomic E-state index is 6.32. The fourth-order valence-corrected chi connectivity index (χ4v) is 3.22. The first kappa shape index (κ1) is 12.5. The van der Waals surface area contributed by atoms with E-state index < -0.39 is 0 Å². The zero-order valence-corrected chi connectivity index (χ0v) is 11.8. The molecule has 1 unspecified atom stereocenters. The van der Waals surface area contributed by atoms with Crippen molar-refractivity contribution in [2.24, 2.45) is 11.1 Å². The van der Waals surface area contributed by atoms with E-state index in [0.717, 1.165) is 19.4 Å². The van der Waals surface area contributed by atoms with Crippen molar-refractivity contribution >= 4 is 0 Å². The third kappa shape index (κ3) is 2.45. The monoisotopic (exact) mass is 254 g/mol. The Morgan fingerprint density at radius 3 is 2.68 bits per heavy atom. The van der Waals surface area contributed by atoms with Gasteiger partial charge in [0.2, 0.25) is 0 Å². The van der Waals surface area contributed by atoms with E-state index in [2.05, 4.69) is 61.0 Å². The van der Waals surface area contributed by atoms with Crippen molar-refractivity contribution < 1.29 is 0 Å². The number of aromatic nitrogens is 1. The summed E-state index contributed by atoms with van der Waals surface area (Å²) in [7, 11) is 0. The maximum Gasteiger partial charge on any atom is 0.0472 e. The Bertz CT molecular complexity index is 566. The van der Waals surface area contributed by atoms with Crippen LogP contribution >= 0.6 is 0 Å². The molecule has 0 spiro atoms. The molecule has 0 radical (unpaired) electrons. The van der Waals surface area contributed by atoms with Crippen LogP contribution in [0.25, 0.3) is 0 Å². The van der Waals surface area contributed by atoms with Crippen molar-refractivity contribution in [3.05, 3.63) is 59.4 Å². The van der Waals surface area contributed by atoms with Gasteiger partial charge < -0.3 is 10.3 Å². The normalized spacial score (nSPS) is 21.1. The zero-order chi connectivity index (χ0) is 13.5. The maximum atomic E-state index is 6.32. The van der Waals surface area contributed by atoms with Crippen molar-refractivity contribution in [2.45, 2.75) is 39.3 Å². The van der Waals surface area contributed by atoms with E-state index in [1.165, 1.54) is 16.8 Å². The van der Waals surface area contributed by atoms with Crippen LogP contribution < -0.4 is 5.73 Å². The number of hydrogen-bond donors (Lipinski definition) is 1. The van der Waals surface area contributed by atoms with E-state index in [4.69, 9.17) is 5.73 Å². The van der Waals surface area contributed by atoms with Crippen molar-refractivity contribution in [3.8, 4) is 0 Å². The SMILES string of the molecule is CC1(C)Cc2c(ccn2Cc2ccccc2)C(N)C1. The molecule has 0 saturated heterocycles. The molecule has 3 rings (SSSR count). The van der Waals surface area contributed by atoms with E-state index in [1.807, 2.05) is 0 Å². The van der Waals surface area contributed by atoms with Gasteiger partial charge in [-0.05, 0) is 35.4 Å². The van der Waals surface area contributed by atoms with Crippen LogP contribution in [0.1, 0.15) is 43.1 Å². The lowest BCUT2D eigenvalue weighted by Gasteiger charge is -2.34. The van der Waals surface area contributed by atoms with Crippen LogP contribution in [-0.4, -0.2) is 4.57 Å². The van der Waals surface area contributed by atoms with Gasteiger partial charge in [-0.15, -0.1) is 0 Å². The highest BCUT2D eigenvalue weighted by Gasteiger charge is 2.32. The van der Waals surface area contributed by atoms with Gasteiger partial charge in [0.1, 0.15) is 0 Å². The van der Waals surface area contributed by atoms with Crippen LogP contribution in [0.4, 0.5) is 0 Å². The largest absolute Gasteiger partial charge is 0.347 e.